The molecule has 0 aliphatic heterocycles. The van der Waals surface area contributed by atoms with Crippen molar-refractivity contribution in [2.45, 2.75) is 70.6 Å². The maximum Gasteiger partial charge on any atom is 0.0465 e. The zero-order chi connectivity index (χ0) is 44.6. The fourth-order valence-corrected chi connectivity index (χ4v) is 10.3. The molecule has 8 aromatic rings. The van der Waals surface area contributed by atoms with E-state index in [-0.39, 0.29) is 5.41 Å². The molecule has 322 valence electrons. The van der Waals surface area contributed by atoms with Crippen LogP contribution in [-0.2, 0) is 18.3 Å². The quantitative estimate of drug-likeness (QED) is 0.0794. The first-order chi connectivity index (χ1) is 31.9. The molecule has 0 radical (unpaired) electrons. The first-order valence-electron chi connectivity index (χ1n) is 23.5. The average molecular weight is 845 g/mol. The lowest BCUT2D eigenvalue weighted by molar-refractivity contribution is 0.407. The number of unbranched alkanes of at least 4 members (excludes halogenated alkanes) is 2. The second-order valence-electron chi connectivity index (χ2n) is 17.9. The number of hydrogen-bond donors (Lipinski definition) is 0. The van der Waals surface area contributed by atoms with Crippen LogP contribution in [0.15, 0.2) is 207 Å². The van der Waals surface area contributed by atoms with Gasteiger partial charge in [0.15, 0.2) is 0 Å². The van der Waals surface area contributed by atoms with Crippen molar-refractivity contribution >= 4 is 46.3 Å². The molecule has 65 heavy (non-hydrogen) atoms. The zero-order valence-corrected chi connectivity index (χ0v) is 38.1. The molecule has 0 fully saturated rings. The van der Waals surface area contributed by atoms with Crippen LogP contribution in [0.25, 0.3) is 23.3 Å². The number of rotatable bonds is 18. The molecule has 0 heterocycles. The van der Waals surface area contributed by atoms with E-state index in [9.17, 15) is 0 Å². The molecule has 1 aliphatic rings. The molecule has 0 atom stereocenters. The van der Waals surface area contributed by atoms with Gasteiger partial charge in [-0.3, -0.25) is 0 Å². The zero-order valence-electron chi connectivity index (χ0n) is 38.1. The highest BCUT2D eigenvalue weighted by molar-refractivity contribution is 5.88. The number of nitrogens with zero attached hydrogens (tertiary/aromatic N) is 2. The van der Waals surface area contributed by atoms with Gasteiger partial charge in [0.05, 0.1) is 0 Å². The third-order valence-electron chi connectivity index (χ3n) is 13.4. The van der Waals surface area contributed by atoms with Crippen LogP contribution in [0, 0.1) is 13.8 Å². The number of para-hydroxylation sites is 2. The largest absolute Gasteiger partial charge is 0.310 e. The molecular formula is C63H60N2. The van der Waals surface area contributed by atoms with Crippen LogP contribution in [-0.4, -0.2) is 0 Å². The first-order valence-corrected chi connectivity index (χ1v) is 23.5. The van der Waals surface area contributed by atoms with Crippen LogP contribution in [0.5, 0.6) is 0 Å². The van der Waals surface area contributed by atoms with E-state index in [0.717, 1.165) is 62.7 Å². The number of benzene rings is 8. The van der Waals surface area contributed by atoms with Gasteiger partial charge in [-0.1, -0.05) is 159 Å². The maximum atomic E-state index is 4.05. The number of fused-ring (bicyclic) bond motifs is 3. The fourth-order valence-electron chi connectivity index (χ4n) is 10.3. The smallest absolute Gasteiger partial charge is 0.0465 e. The monoisotopic (exact) mass is 844 g/mol. The van der Waals surface area contributed by atoms with Gasteiger partial charge in [-0.2, -0.15) is 0 Å². The van der Waals surface area contributed by atoms with E-state index in [1.165, 1.54) is 78.4 Å². The predicted octanol–water partition coefficient (Wildman–Crippen LogP) is 17.6. The van der Waals surface area contributed by atoms with Gasteiger partial charge in [-0.25, -0.2) is 0 Å². The highest BCUT2D eigenvalue weighted by atomic mass is 15.1. The molecule has 9 rings (SSSR count). The van der Waals surface area contributed by atoms with Crippen LogP contribution in [0.4, 0.5) is 34.1 Å². The van der Waals surface area contributed by atoms with Gasteiger partial charge in [0.2, 0.25) is 0 Å². The lowest BCUT2D eigenvalue weighted by Gasteiger charge is -2.35. The molecule has 8 aromatic carbocycles. The Balaban J connectivity index is 1.19. The van der Waals surface area contributed by atoms with Crippen LogP contribution >= 0.6 is 0 Å². The third kappa shape index (κ3) is 9.40. The topological polar surface area (TPSA) is 6.48 Å². The molecule has 2 heteroatoms. The Labute approximate surface area is 387 Å². The standard InChI is InChI=1S/C63H60N2/c1-5-49-25-19-27-51(43-49)23-13-15-39-63(40-16-14-24-52-28-20-26-50(6-2)44-52)61-45-57(64(53-29-9-7-10-30-53)55-33-17-21-47(3)41-55)35-37-59(61)60-38-36-58(46-62(60)63)65(54-31-11-8-12-32-54)56-34-18-22-48(4)42-56/h5-12,17-22,25-38,41-46H,1-2,13-16,23-24,39-40H2,3-4H3. The van der Waals surface area contributed by atoms with Crippen molar-refractivity contribution in [1.29, 1.82) is 0 Å². The first kappa shape index (κ1) is 43.1. The van der Waals surface area contributed by atoms with Crippen molar-refractivity contribution in [3.05, 3.63) is 252 Å². The van der Waals surface area contributed by atoms with E-state index in [2.05, 4.69) is 231 Å². The summed E-state index contributed by atoms with van der Waals surface area (Å²) in [6.07, 6.45) is 12.5. The van der Waals surface area contributed by atoms with Crippen molar-refractivity contribution in [1.82, 2.24) is 0 Å². The van der Waals surface area contributed by atoms with Gasteiger partial charge in [0.1, 0.15) is 0 Å². The Morgan fingerprint density at radius 3 is 1.20 bits per heavy atom. The van der Waals surface area contributed by atoms with E-state index in [1.807, 2.05) is 12.2 Å². The van der Waals surface area contributed by atoms with E-state index in [4.69, 9.17) is 0 Å². The molecule has 0 amide bonds. The Morgan fingerprint density at radius 2 is 0.785 bits per heavy atom. The third-order valence-corrected chi connectivity index (χ3v) is 13.4. The summed E-state index contributed by atoms with van der Waals surface area (Å²) < 4.78 is 0. The van der Waals surface area contributed by atoms with Crippen molar-refractivity contribution in [2.24, 2.45) is 0 Å². The Bertz CT molecular complexity index is 2710. The van der Waals surface area contributed by atoms with Gasteiger partial charge in [-0.15, -0.1) is 0 Å². The molecule has 0 saturated heterocycles. The van der Waals surface area contributed by atoms with Gasteiger partial charge in [0.25, 0.3) is 0 Å². The fraction of sp³-hybridized carbons (Fsp3) is 0.175. The van der Waals surface area contributed by atoms with Crippen LogP contribution in [0.2, 0.25) is 0 Å². The van der Waals surface area contributed by atoms with E-state index < -0.39 is 0 Å². The summed E-state index contributed by atoms with van der Waals surface area (Å²) in [7, 11) is 0. The van der Waals surface area contributed by atoms with Crippen molar-refractivity contribution in [2.75, 3.05) is 9.80 Å². The lowest BCUT2D eigenvalue weighted by Crippen LogP contribution is -2.26. The summed E-state index contributed by atoms with van der Waals surface area (Å²) >= 11 is 0. The summed E-state index contributed by atoms with van der Waals surface area (Å²) in [5.74, 6) is 0. The molecular weight excluding hydrogens is 785 g/mol. The second-order valence-corrected chi connectivity index (χ2v) is 17.9. The minimum Gasteiger partial charge on any atom is -0.310 e. The van der Waals surface area contributed by atoms with Gasteiger partial charge >= 0.3 is 0 Å². The molecule has 0 aromatic heterocycles. The van der Waals surface area contributed by atoms with Gasteiger partial charge < -0.3 is 9.80 Å². The average Bonchev–Trinajstić information content (AvgIpc) is 3.60. The summed E-state index contributed by atoms with van der Waals surface area (Å²) in [6, 6.07) is 72.0. The molecule has 0 unspecified atom stereocenters. The molecule has 0 spiro atoms. The highest BCUT2D eigenvalue weighted by Crippen LogP contribution is 2.57. The lowest BCUT2D eigenvalue weighted by atomic mass is 9.70. The van der Waals surface area contributed by atoms with Crippen molar-refractivity contribution < 1.29 is 0 Å². The minimum atomic E-state index is -0.216. The molecule has 0 N–H and O–H groups in total. The summed E-state index contributed by atoms with van der Waals surface area (Å²) in [5.41, 5.74) is 20.0. The predicted molar refractivity (Wildman–Crippen MR) is 280 cm³/mol. The van der Waals surface area contributed by atoms with Gasteiger partial charge in [-0.05, 0) is 181 Å². The van der Waals surface area contributed by atoms with E-state index in [0.29, 0.717) is 0 Å². The number of aryl methyl sites for hydroxylation is 4. The van der Waals surface area contributed by atoms with Gasteiger partial charge in [0, 0.05) is 39.5 Å². The van der Waals surface area contributed by atoms with E-state index in [1.54, 1.807) is 0 Å². The van der Waals surface area contributed by atoms with Crippen LogP contribution < -0.4 is 9.80 Å². The highest BCUT2D eigenvalue weighted by Gasteiger charge is 2.43. The molecule has 0 saturated carbocycles. The SMILES string of the molecule is C=Cc1cccc(CCCCC2(CCCCc3cccc(C=C)c3)c3cc(N(c4ccccc4)c4cccc(C)c4)ccc3-c3ccc(N(c4ccccc4)c4cccc(C)c4)cc32)c1. The second kappa shape index (κ2) is 19.7. The maximum absolute atomic E-state index is 4.05. The van der Waals surface area contributed by atoms with Crippen LogP contribution in [0.3, 0.4) is 0 Å². The summed E-state index contributed by atoms with van der Waals surface area (Å²) in [6.45, 7) is 12.5. The Morgan fingerprint density at radius 1 is 0.385 bits per heavy atom. The number of anilines is 6. The Kier molecular flexibility index (Phi) is 13.1. The Hall–Kier alpha value is -7.16. The van der Waals surface area contributed by atoms with E-state index >= 15 is 0 Å². The normalized spacial score (nSPS) is 12.3. The van der Waals surface area contributed by atoms with Crippen LogP contribution in [0.1, 0.15) is 83.0 Å². The molecule has 2 nitrogen and oxygen atoms in total. The van der Waals surface area contributed by atoms with Crippen molar-refractivity contribution in [3.8, 4) is 11.1 Å². The summed E-state index contributed by atoms with van der Waals surface area (Å²) in [4.78, 5) is 4.89. The summed E-state index contributed by atoms with van der Waals surface area (Å²) in [5, 5.41) is 0. The molecule has 1 aliphatic carbocycles. The minimum absolute atomic E-state index is 0.216. The molecule has 0 bridgehead atoms. The number of hydrogen-bond acceptors (Lipinski definition) is 2. The van der Waals surface area contributed by atoms with Crippen molar-refractivity contribution in [3.63, 3.8) is 0 Å².